The number of carbonyl (C=O) groups excluding carboxylic acids is 1. The Bertz CT molecular complexity index is 1240. The second-order valence-electron chi connectivity index (χ2n) is 8.36. The molecule has 3 N–H and O–H groups in total. The first-order chi connectivity index (χ1) is 15.6. The lowest BCUT2D eigenvalue weighted by molar-refractivity contribution is 0.0958. The van der Waals surface area contributed by atoms with E-state index in [9.17, 15) is 9.59 Å². The summed E-state index contributed by atoms with van der Waals surface area (Å²) in [7, 11) is 1.61. The van der Waals surface area contributed by atoms with Crippen LogP contribution in [0.25, 0.3) is 11.0 Å². The summed E-state index contributed by atoms with van der Waals surface area (Å²) >= 11 is 0. The minimum absolute atomic E-state index is 0.0345. The fourth-order valence-electron chi connectivity index (χ4n) is 4.61. The lowest BCUT2D eigenvalue weighted by Crippen LogP contribution is -2.57. The van der Waals surface area contributed by atoms with Gasteiger partial charge >= 0.3 is 0 Å². The molecular formula is C23H27N7O2. The molecule has 3 aromatic rings. The maximum atomic E-state index is 12.2. The lowest BCUT2D eigenvalue weighted by Gasteiger charge is -2.46. The van der Waals surface area contributed by atoms with Crippen molar-refractivity contribution in [2.75, 3.05) is 43.4 Å². The van der Waals surface area contributed by atoms with Gasteiger partial charge in [-0.25, -0.2) is 4.98 Å². The molecule has 0 aliphatic carbocycles. The van der Waals surface area contributed by atoms with Gasteiger partial charge in [0, 0.05) is 51.5 Å². The van der Waals surface area contributed by atoms with Crippen LogP contribution < -0.4 is 21.1 Å². The van der Waals surface area contributed by atoms with E-state index in [1.807, 2.05) is 31.3 Å². The topological polar surface area (TPSA) is 106 Å². The van der Waals surface area contributed by atoms with Crippen LogP contribution in [0.2, 0.25) is 0 Å². The summed E-state index contributed by atoms with van der Waals surface area (Å²) < 4.78 is 0. The van der Waals surface area contributed by atoms with Gasteiger partial charge in [-0.15, -0.1) is 0 Å². The monoisotopic (exact) mass is 433 g/mol. The van der Waals surface area contributed by atoms with Gasteiger partial charge in [0.25, 0.3) is 11.5 Å². The van der Waals surface area contributed by atoms with E-state index in [-0.39, 0.29) is 11.5 Å². The summed E-state index contributed by atoms with van der Waals surface area (Å²) in [6.07, 6.45) is 2.60. The largest absolute Gasteiger partial charge is 0.366 e. The molecule has 9 nitrogen and oxygen atoms in total. The van der Waals surface area contributed by atoms with Crippen LogP contribution in [0, 0.1) is 0 Å². The molecule has 0 spiro atoms. The molecule has 0 saturated carbocycles. The van der Waals surface area contributed by atoms with E-state index < -0.39 is 0 Å². The predicted molar refractivity (Wildman–Crippen MR) is 124 cm³/mol. The Balaban J connectivity index is 1.30. The molecule has 2 aliphatic heterocycles. The SMILES string of the molecule is CCc1cc2ncc(CN3CCN4c5ccc(C(=O)NC)nc5NC[C@@H]4C3)cc2[nH]c1=O. The smallest absolute Gasteiger partial charge is 0.269 e. The first-order valence-corrected chi connectivity index (χ1v) is 11.0. The number of carbonyl (C=O) groups is 1. The van der Waals surface area contributed by atoms with E-state index in [0.717, 1.165) is 66.4 Å². The van der Waals surface area contributed by atoms with E-state index >= 15 is 0 Å². The van der Waals surface area contributed by atoms with Crippen molar-refractivity contribution in [1.82, 2.24) is 25.2 Å². The van der Waals surface area contributed by atoms with E-state index in [1.54, 1.807) is 13.1 Å². The van der Waals surface area contributed by atoms with Crippen LogP contribution in [0.1, 0.15) is 28.5 Å². The van der Waals surface area contributed by atoms with Gasteiger partial charge in [-0.1, -0.05) is 6.92 Å². The maximum absolute atomic E-state index is 12.2. The number of amides is 1. The van der Waals surface area contributed by atoms with Crippen LogP contribution in [0.4, 0.5) is 11.5 Å². The predicted octanol–water partition coefficient (Wildman–Crippen LogP) is 1.36. The van der Waals surface area contributed by atoms with E-state index in [1.165, 1.54) is 0 Å². The number of hydrogen-bond acceptors (Lipinski definition) is 7. The zero-order valence-corrected chi connectivity index (χ0v) is 18.3. The van der Waals surface area contributed by atoms with E-state index in [2.05, 4.69) is 35.4 Å². The van der Waals surface area contributed by atoms with Crippen LogP contribution in [0.3, 0.4) is 0 Å². The van der Waals surface area contributed by atoms with Crippen LogP contribution in [0.15, 0.2) is 35.3 Å². The van der Waals surface area contributed by atoms with Gasteiger partial charge in [0.1, 0.15) is 5.69 Å². The molecule has 2 aliphatic rings. The van der Waals surface area contributed by atoms with Crippen molar-refractivity contribution < 1.29 is 4.79 Å². The van der Waals surface area contributed by atoms with Gasteiger partial charge in [-0.3, -0.25) is 19.5 Å². The summed E-state index contributed by atoms with van der Waals surface area (Å²) in [5.74, 6) is 0.586. The number of fused-ring (bicyclic) bond motifs is 4. The number of rotatable bonds is 4. The van der Waals surface area contributed by atoms with Crippen LogP contribution in [-0.4, -0.2) is 65.0 Å². The maximum Gasteiger partial charge on any atom is 0.269 e. The van der Waals surface area contributed by atoms with Gasteiger partial charge in [0.15, 0.2) is 5.82 Å². The van der Waals surface area contributed by atoms with Crippen molar-refractivity contribution in [1.29, 1.82) is 0 Å². The molecule has 0 aromatic carbocycles. The van der Waals surface area contributed by atoms with Crippen LogP contribution in [-0.2, 0) is 13.0 Å². The van der Waals surface area contributed by atoms with Crippen molar-refractivity contribution in [3.63, 3.8) is 0 Å². The van der Waals surface area contributed by atoms with Gasteiger partial charge in [0.05, 0.1) is 22.8 Å². The Hall–Kier alpha value is -3.46. The normalized spacial score (nSPS) is 18.1. The number of H-pyrrole nitrogens is 1. The molecule has 32 heavy (non-hydrogen) atoms. The van der Waals surface area contributed by atoms with Crippen molar-refractivity contribution in [3.05, 3.63) is 57.6 Å². The minimum Gasteiger partial charge on any atom is -0.366 e. The molecule has 9 heteroatoms. The summed E-state index contributed by atoms with van der Waals surface area (Å²) in [6.45, 7) is 6.24. The van der Waals surface area contributed by atoms with E-state index in [4.69, 9.17) is 0 Å². The standard InChI is InChI=1S/C23H27N7O2/c1-3-15-9-18-19(28-22(15)31)8-14(10-25-18)12-29-6-7-30-16(13-29)11-26-21-20(30)5-4-17(27-21)23(32)24-2/h4-5,8-10,16H,3,6-7,11-13H2,1-2H3,(H,24,32)(H,26,27)(H,28,31)/t16-/m1/s1. The molecule has 1 amide bonds. The zero-order chi connectivity index (χ0) is 22.2. The molecule has 0 radical (unpaired) electrons. The third-order valence-corrected chi connectivity index (χ3v) is 6.33. The molecule has 1 fully saturated rings. The highest BCUT2D eigenvalue weighted by molar-refractivity contribution is 5.93. The second kappa shape index (κ2) is 8.23. The Morgan fingerprint density at radius 2 is 2.16 bits per heavy atom. The second-order valence-corrected chi connectivity index (χ2v) is 8.36. The van der Waals surface area contributed by atoms with E-state index in [0.29, 0.717) is 18.2 Å². The first-order valence-electron chi connectivity index (χ1n) is 11.0. The number of pyridine rings is 3. The molecule has 5 heterocycles. The average molecular weight is 434 g/mol. The molecule has 0 bridgehead atoms. The summed E-state index contributed by atoms with van der Waals surface area (Å²) in [6, 6.07) is 8.00. The van der Waals surface area contributed by atoms with Gasteiger partial charge in [-0.05, 0) is 36.2 Å². The average Bonchev–Trinajstić information content (AvgIpc) is 2.82. The summed E-state index contributed by atoms with van der Waals surface area (Å²) in [5, 5.41) is 6.01. The zero-order valence-electron chi connectivity index (χ0n) is 18.3. The number of hydrogen-bond donors (Lipinski definition) is 3. The Kier molecular flexibility index (Phi) is 5.26. The molecule has 1 atom stereocenters. The molecule has 5 rings (SSSR count). The van der Waals surface area contributed by atoms with Crippen molar-refractivity contribution in [3.8, 4) is 0 Å². The van der Waals surface area contributed by atoms with Gasteiger partial charge in [-0.2, -0.15) is 0 Å². The number of piperazine rings is 1. The Labute approximate surface area is 185 Å². The quantitative estimate of drug-likeness (QED) is 0.570. The molecule has 0 unspecified atom stereocenters. The Morgan fingerprint density at radius 3 is 2.97 bits per heavy atom. The van der Waals surface area contributed by atoms with Crippen molar-refractivity contribution in [2.24, 2.45) is 0 Å². The number of aromatic amines is 1. The highest BCUT2D eigenvalue weighted by Gasteiger charge is 2.32. The van der Waals surface area contributed by atoms with Crippen molar-refractivity contribution >= 4 is 28.4 Å². The fraction of sp³-hybridized carbons (Fsp3) is 0.391. The third-order valence-electron chi connectivity index (χ3n) is 6.33. The van der Waals surface area contributed by atoms with Gasteiger partial charge in [0.2, 0.25) is 0 Å². The summed E-state index contributed by atoms with van der Waals surface area (Å²) in [5.41, 5.74) is 4.89. The number of nitrogens with zero attached hydrogens (tertiary/aromatic N) is 4. The number of nitrogens with one attached hydrogen (secondary N) is 3. The number of anilines is 2. The molecular weight excluding hydrogens is 406 g/mol. The molecule has 3 aromatic heterocycles. The Morgan fingerprint density at radius 1 is 1.28 bits per heavy atom. The highest BCUT2D eigenvalue weighted by Crippen LogP contribution is 2.32. The highest BCUT2D eigenvalue weighted by atomic mass is 16.1. The minimum atomic E-state index is -0.183. The van der Waals surface area contributed by atoms with Gasteiger partial charge < -0.3 is 20.5 Å². The number of aromatic nitrogens is 3. The van der Waals surface area contributed by atoms with Crippen LogP contribution in [0.5, 0.6) is 0 Å². The molecule has 166 valence electrons. The third kappa shape index (κ3) is 3.69. The lowest BCUT2D eigenvalue weighted by atomic mass is 10.1. The first kappa shape index (κ1) is 20.4. The van der Waals surface area contributed by atoms with Crippen LogP contribution >= 0.6 is 0 Å². The molecule has 1 saturated heterocycles. The number of aryl methyl sites for hydroxylation is 1. The fourth-order valence-corrected chi connectivity index (χ4v) is 4.61. The summed E-state index contributed by atoms with van der Waals surface area (Å²) in [4.78, 5) is 40.9. The van der Waals surface area contributed by atoms with Crippen molar-refractivity contribution in [2.45, 2.75) is 25.9 Å².